The maximum absolute atomic E-state index is 5.06. The number of nitrogens with one attached hydrogen (secondary N) is 1. The molecule has 0 radical (unpaired) electrons. The molecule has 1 N–H and O–H groups in total. The largest absolute Gasteiger partial charge is 0.405 e. The molecule has 0 saturated carbocycles. The second-order valence-corrected chi connectivity index (χ2v) is 2.86. The number of ether oxygens (including phenoxy) is 1. The van der Waals surface area contributed by atoms with Gasteiger partial charge in [0.1, 0.15) is 0 Å². The van der Waals surface area contributed by atoms with E-state index in [1.807, 2.05) is 0 Å². The van der Waals surface area contributed by atoms with Crippen LogP contribution in [-0.4, -0.2) is 19.8 Å². The first-order chi connectivity index (χ1) is 3.39. The van der Waals surface area contributed by atoms with Crippen LogP contribution in [-0.2, 0) is 4.74 Å². The van der Waals surface area contributed by atoms with E-state index >= 15 is 0 Å². The average molecular weight is 213 g/mol. The summed E-state index contributed by atoms with van der Waals surface area (Å²) >= 11 is 2.34. The number of rotatable bonds is 0. The molecule has 2 nitrogen and oxygen atoms in total. The van der Waals surface area contributed by atoms with E-state index < -0.39 is 0 Å². The van der Waals surface area contributed by atoms with Crippen molar-refractivity contribution in [2.75, 3.05) is 19.8 Å². The Kier molecular flexibility index (Phi) is 2.34. The van der Waals surface area contributed by atoms with Gasteiger partial charge in [0, 0.05) is 0 Å². The number of quaternary nitrogens is 1. The minimum Gasteiger partial charge on any atom is -0.405 e. The van der Waals surface area contributed by atoms with E-state index in [2.05, 4.69) is 29.4 Å². The predicted octanol–water partition coefficient (Wildman–Crippen LogP) is -0.587. The summed E-state index contributed by atoms with van der Waals surface area (Å²) < 4.78 is 6.49. The van der Waals surface area contributed by atoms with E-state index in [0.717, 1.165) is 19.8 Å². The highest BCUT2D eigenvalue weighted by Crippen LogP contribution is 1.80. The molecule has 1 atom stereocenters. The molecule has 0 aliphatic carbocycles. The van der Waals surface area contributed by atoms with Crippen LogP contribution >= 0.6 is 22.9 Å². The van der Waals surface area contributed by atoms with Gasteiger partial charge in [-0.05, 0) is 6.61 Å². The minimum absolute atomic E-state index is 0.818. The van der Waals surface area contributed by atoms with E-state index in [0.29, 0.717) is 0 Å². The molecule has 7 heavy (non-hydrogen) atoms. The van der Waals surface area contributed by atoms with Gasteiger partial charge >= 0.3 is 0 Å². The Bertz CT molecular complexity index is 53.7. The highest BCUT2D eigenvalue weighted by atomic mass is 127. The first-order valence-corrected chi connectivity index (χ1v) is 3.40. The van der Waals surface area contributed by atoms with Crippen molar-refractivity contribution in [2.45, 2.75) is 0 Å². The standard InChI is InChI=1S/C4H8INO/c5-6-1-3-7-4-2-6/h1,6H,2-4H2. The van der Waals surface area contributed by atoms with Crippen molar-refractivity contribution in [2.24, 2.45) is 0 Å². The lowest BCUT2D eigenvalue weighted by atomic mass is 10.5. The van der Waals surface area contributed by atoms with Gasteiger partial charge in [0.05, 0.1) is 13.2 Å². The molecule has 1 unspecified atom stereocenters. The van der Waals surface area contributed by atoms with Gasteiger partial charge in [0.2, 0.25) is 22.9 Å². The zero-order chi connectivity index (χ0) is 5.11. The smallest absolute Gasteiger partial charge is 0.215 e. The summed E-state index contributed by atoms with van der Waals surface area (Å²) in [6, 6.07) is 0. The first-order valence-electron chi connectivity index (χ1n) is 2.32. The Morgan fingerprint density at radius 2 is 2.57 bits per heavy atom. The molecular formula is C4H8INO. The van der Waals surface area contributed by atoms with E-state index in [1.165, 1.54) is 3.11 Å². The first kappa shape index (κ1) is 5.78. The number of hydrogen-bond acceptors (Lipinski definition) is 1. The second-order valence-electron chi connectivity index (χ2n) is 1.48. The fraction of sp³-hybridized carbons (Fsp3) is 0.750. The van der Waals surface area contributed by atoms with Gasteiger partial charge in [-0.25, -0.2) is 0 Å². The van der Waals surface area contributed by atoms with Crippen LogP contribution in [0.1, 0.15) is 0 Å². The summed E-state index contributed by atoms with van der Waals surface area (Å²) in [6.45, 7) is 4.96. The van der Waals surface area contributed by atoms with Crippen molar-refractivity contribution in [1.82, 2.24) is 0 Å². The zero-order valence-corrected chi connectivity index (χ0v) is 6.14. The van der Waals surface area contributed by atoms with Crippen molar-refractivity contribution in [3.63, 3.8) is 0 Å². The molecule has 1 saturated heterocycles. The van der Waals surface area contributed by atoms with E-state index in [1.54, 1.807) is 0 Å². The van der Waals surface area contributed by atoms with Gasteiger partial charge in [0.25, 0.3) is 0 Å². The van der Waals surface area contributed by atoms with Gasteiger partial charge in [0.15, 0.2) is 0 Å². The third kappa shape index (κ3) is 1.92. The molecule has 0 aromatic carbocycles. The maximum Gasteiger partial charge on any atom is 0.215 e. The van der Waals surface area contributed by atoms with Crippen molar-refractivity contribution in [3.8, 4) is 0 Å². The van der Waals surface area contributed by atoms with Crippen LogP contribution in [0.3, 0.4) is 0 Å². The lowest BCUT2D eigenvalue weighted by Gasteiger charge is -2.25. The van der Waals surface area contributed by atoms with Crippen LogP contribution in [0.4, 0.5) is 0 Å². The van der Waals surface area contributed by atoms with Crippen molar-refractivity contribution in [1.29, 1.82) is 0 Å². The molecule has 0 bridgehead atoms. The molecule has 0 spiro atoms. The van der Waals surface area contributed by atoms with Gasteiger partial charge in [-0.3, -0.25) is 0 Å². The Hall–Kier alpha value is 0.650. The monoisotopic (exact) mass is 213 g/mol. The molecule has 1 aliphatic heterocycles. The minimum atomic E-state index is 0.818. The normalized spacial score (nSPS) is 33.0. The van der Waals surface area contributed by atoms with Crippen LogP contribution < -0.4 is 3.11 Å². The molecule has 0 aromatic heterocycles. The van der Waals surface area contributed by atoms with Crippen molar-refractivity contribution < 1.29 is 7.85 Å². The molecule has 0 amide bonds. The lowest BCUT2D eigenvalue weighted by molar-refractivity contribution is -0.686. The SMILES string of the molecule is I[NH+]1[CH-]COCC1. The molecule has 0 aromatic rings. The molecule has 1 rings (SSSR count). The van der Waals surface area contributed by atoms with Crippen LogP contribution in [0.15, 0.2) is 0 Å². The Morgan fingerprint density at radius 3 is 2.86 bits per heavy atom. The fourth-order valence-electron chi connectivity index (χ4n) is 0.504. The predicted molar refractivity (Wildman–Crippen MR) is 35.0 cm³/mol. The highest BCUT2D eigenvalue weighted by Gasteiger charge is 1.99. The van der Waals surface area contributed by atoms with Crippen LogP contribution in [0, 0.1) is 6.54 Å². The summed E-state index contributed by atoms with van der Waals surface area (Å²) in [6.07, 6.45) is 0. The number of hydrogen-bond donors (Lipinski definition) is 1. The molecule has 1 fully saturated rings. The lowest BCUT2D eigenvalue weighted by Crippen LogP contribution is -3.01. The molecule has 1 heterocycles. The number of morpholine rings is 1. The van der Waals surface area contributed by atoms with E-state index in [4.69, 9.17) is 4.74 Å². The fourth-order valence-corrected chi connectivity index (χ4v) is 0.904. The Balaban J connectivity index is 2.12. The van der Waals surface area contributed by atoms with Crippen molar-refractivity contribution >= 4 is 22.9 Å². The highest BCUT2D eigenvalue weighted by molar-refractivity contribution is 14.1. The Labute approximate surface area is 57.3 Å². The molecule has 42 valence electrons. The van der Waals surface area contributed by atoms with Crippen molar-refractivity contribution in [3.05, 3.63) is 6.54 Å². The summed E-state index contributed by atoms with van der Waals surface area (Å²) in [4.78, 5) is 0. The summed E-state index contributed by atoms with van der Waals surface area (Å²) in [5.41, 5.74) is 0. The van der Waals surface area contributed by atoms with Gasteiger partial charge in [-0.1, -0.05) is 0 Å². The quantitative estimate of drug-likeness (QED) is 0.322. The molecule has 3 heteroatoms. The van der Waals surface area contributed by atoms with Crippen LogP contribution in [0.5, 0.6) is 0 Å². The topological polar surface area (TPSA) is 13.7 Å². The summed E-state index contributed by atoms with van der Waals surface area (Å²) in [7, 11) is 0. The van der Waals surface area contributed by atoms with Gasteiger partial charge in [-0.15, -0.1) is 6.54 Å². The zero-order valence-electron chi connectivity index (χ0n) is 3.98. The summed E-state index contributed by atoms with van der Waals surface area (Å²) in [5.74, 6) is 0. The van der Waals surface area contributed by atoms with Crippen LogP contribution in [0.2, 0.25) is 0 Å². The maximum atomic E-state index is 5.06. The molecular weight excluding hydrogens is 205 g/mol. The van der Waals surface area contributed by atoms with Gasteiger partial charge < -0.3 is 7.85 Å². The van der Waals surface area contributed by atoms with Gasteiger partial charge in [-0.2, -0.15) is 0 Å². The van der Waals surface area contributed by atoms with E-state index in [9.17, 15) is 0 Å². The number of halogens is 1. The average Bonchev–Trinajstić information content (AvgIpc) is 1.69. The third-order valence-corrected chi connectivity index (χ3v) is 1.89. The third-order valence-electron chi connectivity index (χ3n) is 0.908. The van der Waals surface area contributed by atoms with E-state index in [-0.39, 0.29) is 0 Å². The Morgan fingerprint density at radius 1 is 1.71 bits per heavy atom. The summed E-state index contributed by atoms with van der Waals surface area (Å²) in [5, 5.41) is 0. The second kappa shape index (κ2) is 2.84. The molecule has 1 aliphatic rings. The van der Waals surface area contributed by atoms with Crippen LogP contribution in [0.25, 0.3) is 0 Å².